The number of nitrogens with zero attached hydrogens (tertiary/aromatic N) is 1. The van der Waals surface area contributed by atoms with Crippen molar-refractivity contribution >= 4 is 159 Å². The molecule has 0 bridgehead atoms. The lowest BCUT2D eigenvalue weighted by atomic mass is 10.1. The molecule has 119 heavy (non-hydrogen) atoms. The Balaban J connectivity index is 0.000000159. The fraction of sp³-hybridized carbons (Fsp3) is 0.0442. The van der Waals surface area contributed by atoms with Gasteiger partial charge in [-0.15, -0.1) is 0 Å². The summed E-state index contributed by atoms with van der Waals surface area (Å²) in [6, 6.07) is 185. The van der Waals surface area contributed by atoms with Gasteiger partial charge in [-0.05, 0) is 126 Å². The van der Waals surface area contributed by atoms with Crippen LogP contribution < -0.4 is 83.0 Å². The Kier molecular flexibility index (Phi) is 24.5. The average Bonchev–Trinajstić information content (AvgIpc) is 1.55. The van der Waals surface area contributed by atoms with Gasteiger partial charge in [0.15, 0.2) is 32.3 Å². The lowest BCUT2D eigenvalue weighted by Crippen LogP contribution is -2.74. The first kappa shape index (κ1) is 79.3. The van der Waals surface area contributed by atoms with E-state index in [0.717, 1.165) is 16.7 Å². The summed E-state index contributed by atoms with van der Waals surface area (Å²) in [6.45, 7) is 10.1. The smallest absolute Gasteiger partial charge is 0.179 e. The minimum Gasteiger partial charge on any atom is -0.355 e. The fourth-order valence-electron chi connectivity index (χ4n) is 18.5. The van der Waals surface area contributed by atoms with Crippen LogP contribution in [-0.2, 0) is 0 Å². The van der Waals surface area contributed by atoms with E-state index in [2.05, 4.69) is 496 Å². The van der Waals surface area contributed by atoms with Crippen molar-refractivity contribution in [2.45, 2.75) is 34.6 Å². The summed E-state index contributed by atoms with van der Waals surface area (Å²) < 4.78 is 2.46. The minimum atomic E-state index is -2.78. The lowest BCUT2D eigenvalue weighted by Gasteiger charge is -2.34. The maximum Gasteiger partial charge on any atom is 0.179 e. The second kappa shape index (κ2) is 36.7. The summed E-state index contributed by atoms with van der Waals surface area (Å²) in [5.41, 5.74) is 7.22. The van der Waals surface area contributed by atoms with Crippen LogP contribution in [0.4, 0.5) is 0 Å². The molecule has 18 aromatic carbocycles. The lowest BCUT2D eigenvalue weighted by molar-refractivity contribution is 1.18. The van der Waals surface area contributed by atoms with Gasteiger partial charge in [0.25, 0.3) is 0 Å². The fourth-order valence-corrected chi connectivity index (χ4v) is 37.6. The summed E-state index contributed by atoms with van der Waals surface area (Å²) in [7, 11) is -10.9. The van der Waals surface area contributed by atoms with Gasteiger partial charge in [-0.2, -0.15) is 0 Å². The van der Waals surface area contributed by atoms with Crippen LogP contribution in [0.5, 0.6) is 0 Å². The average molecular weight is 1600 g/mol. The van der Waals surface area contributed by atoms with Gasteiger partial charge in [-0.1, -0.05) is 494 Å². The Morgan fingerprint density at radius 3 is 0.521 bits per heavy atom. The Morgan fingerprint density at radius 2 is 0.336 bits per heavy atom. The van der Waals surface area contributed by atoms with Crippen LogP contribution >= 0.6 is 0 Å². The highest BCUT2D eigenvalue weighted by molar-refractivity contribution is 7.22. The maximum absolute atomic E-state index is 3.80. The number of nitrogens with one attached hydrogen (secondary N) is 1. The van der Waals surface area contributed by atoms with Crippen molar-refractivity contribution in [3.05, 3.63) is 503 Å². The molecule has 0 aliphatic carbocycles. The molecule has 20 aromatic rings. The van der Waals surface area contributed by atoms with Gasteiger partial charge in [0, 0.05) is 38.3 Å². The van der Waals surface area contributed by atoms with Crippen LogP contribution in [0, 0.1) is 6.92 Å². The number of aromatic nitrogens is 2. The van der Waals surface area contributed by atoms with E-state index in [9.17, 15) is 0 Å². The van der Waals surface area contributed by atoms with Crippen molar-refractivity contribution in [3.63, 3.8) is 0 Å². The van der Waals surface area contributed by atoms with Crippen molar-refractivity contribution < 1.29 is 0 Å². The highest BCUT2D eigenvalue weighted by Gasteiger charge is 2.46. The molecule has 576 valence electrons. The number of rotatable bonds is 17. The van der Waals surface area contributed by atoms with Gasteiger partial charge in [-0.25, -0.2) is 0 Å². The van der Waals surface area contributed by atoms with Gasteiger partial charge in [0.2, 0.25) is 0 Å². The normalized spacial score (nSPS) is 11.4. The Labute approximate surface area is 706 Å². The van der Waals surface area contributed by atoms with Crippen molar-refractivity contribution in [2.24, 2.45) is 0 Å². The molecule has 1 N–H and O–H groups in total. The van der Waals surface area contributed by atoms with Crippen molar-refractivity contribution in [1.29, 1.82) is 0 Å². The van der Waals surface area contributed by atoms with Crippen LogP contribution in [0.3, 0.4) is 0 Å². The summed E-state index contributed by atoms with van der Waals surface area (Å²) in [4.78, 5) is 3.80. The predicted octanol–water partition coefficient (Wildman–Crippen LogP) is 17.7. The SMILES string of the molecule is CC.CC.Cc1ccccc1.c1ccc(-n2c3ccc([Si](c4ccccc4)(c4ccccc4)c4ccccc4)cc3c3cc([Si](c4ccccc4)(c4ccccc4)c4ccccc4)ccc32)cc1.c1ccc([Si](c2ccccc2)(c2ccccc2)c2ccc3[nH]c4ccc([Si](c5ccccc5)(c5ccccc5)c5ccccc5)cc4c3c2)cc1. The zero-order valence-corrected chi connectivity index (χ0v) is 72.3. The molecule has 2 nitrogen and oxygen atoms in total. The monoisotopic (exact) mass is 1590 g/mol. The molecule has 0 aliphatic rings. The zero-order valence-electron chi connectivity index (χ0n) is 68.3. The zero-order chi connectivity index (χ0) is 81.3. The van der Waals surface area contributed by atoms with E-state index in [1.807, 2.05) is 45.9 Å². The number of aromatic amines is 1. The van der Waals surface area contributed by atoms with Gasteiger partial charge in [0.05, 0.1) is 11.0 Å². The molecule has 0 atom stereocenters. The van der Waals surface area contributed by atoms with E-state index < -0.39 is 32.3 Å². The number of hydrogen-bond donors (Lipinski definition) is 1. The quantitative estimate of drug-likeness (QED) is 0.0693. The third-order valence-electron chi connectivity index (χ3n) is 23.5. The number of aryl methyl sites for hydroxylation is 1. The van der Waals surface area contributed by atoms with Crippen molar-refractivity contribution in [3.8, 4) is 5.69 Å². The number of H-pyrrole nitrogens is 1. The molecular formula is C113H98N2Si4. The first-order chi connectivity index (χ1) is 59.0. The molecule has 0 aliphatic heterocycles. The molecule has 20 rings (SSSR count). The topological polar surface area (TPSA) is 20.7 Å². The highest BCUT2D eigenvalue weighted by Crippen LogP contribution is 2.33. The molecule has 0 radical (unpaired) electrons. The third kappa shape index (κ3) is 15.0. The minimum absolute atomic E-state index is 1.16. The van der Waals surface area contributed by atoms with Crippen LogP contribution in [0.25, 0.3) is 49.3 Å². The van der Waals surface area contributed by atoms with Crippen molar-refractivity contribution in [2.75, 3.05) is 0 Å². The second-order valence-corrected chi connectivity index (χ2v) is 45.1. The van der Waals surface area contributed by atoms with E-state index in [0.29, 0.717) is 0 Å². The summed E-state index contributed by atoms with van der Waals surface area (Å²) in [6.07, 6.45) is 0. The first-order valence-electron chi connectivity index (χ1n) is 41.9. The van der Waals surface area contributed by atoms with E-state index in [1.54, 1.807) is 0 Å². The van der Waals surface area contributed by atoms with E-state index in [-0.39, 0.29) is 0 Å². The van der Waals surface area contributed by atoms with Crippen LogP contribution in [-0.4, -0.2) is 41.8 Å². The maximum atomic E-state index is 3.80. The predicted molar refractivity (Wildman–Crippen MR) is 525 cm³/mol. The summed E-state index contributed by atoms with van der Waals surface area (Å²) in [5.74, 6) is 0. The molecule has 2 aromatic heterocycles. The van der Waals surface area contributed by atoms with E-state index in [4.69, 9.17) is 0 Å². The second-order valence-electron chi connectivity index (χ2n) is 29.8. The molecule has 2 heterocycles. The molecule has 0 saturated heterocycles. The highest BCUT2D eigenvalue weighted by atomic mass is 28.3. The van der Waals surface area contributed by atoms with Gasteiger partial charge >= 0.3 is 0 Å². The first-order valence-corrected chi connectivity index (χ1v) is 49.9. The number of para-hydroxylation sites is 1. The third-order valence-corrected chi connectivity index (χ3v) is 42.6. The molecule has 0 spiro atoms. The Hall–Kier alpha value is -13.6. The van der Waals surface area contributed by atoms with Gasteiger partial charge in [0.1, 0.15) is 0 Å². The number of fused-ring (bicyclic) bond motifs is 6. The molecule has 6 heteroatoms. The van der Waals surface area contributed by atoms with Crippen LogP contribution in [0.1, 0.15) is 33.3 Å². The Morgan fingerprint density at radius 1 is 0.168 bits per heavy atom. The van der Waals surface area contributed by atoms with Crippen LogP contribution in [0.2, 0.25) is 0 Å². The molecule has 0 amide bonds. The molecule has 0 saturated carbocycles. The van der Waals surface area contributed by atoms with E-state index in [1.165, 1.54) is 121 Å². The summed E-state index contributed by atoms with van der Waals surface area (Å²) in [5, 5.41) is 27.1. The number of hydrogen-bond acceptors (Lipinski definition) is 0. The molecule has 0 fully saturated rings. The largest absolute Gasteiger partial charge is 0.355 e. The standard InChI is InChI=1S/C54H41NSi2.C48H37NSi2.C7H8.2C2H6/c1-8-22-42(23-9-1)55-53-38-36-49(56(43-24-10-2-11-25-43,44-26-12-3-13-27-44)45-28-14-4-15-29-45)40-51(53)52-41-50(37-39-54(52)55)57(46-30-16-5-17-31-46,47-32-18-6-19-33-47)48-34-20-7-21-35-48;1-7-19-37(20-8-1)50(38-21-9-2-10-22-38,39-23-11-3-12-24-39)43-31-33-47-45(35-43)46-36-44(32-34-48(46)49-47)51(40-25-13-4-14-26-40,41-27-15-5-16-28-41)42-29-17-6-18-30-42;1-7-5-3-2-4-6-7;2*1-2/h1-41H;1-36,49H;2-6H,1H3;2*1-2H3. The van der Waals surface area contributed by atoms with Gasteiger partial charge < -0.3 is 9.55 Å². The van der Waals surface area contributed by atoms with Crippen LogP contribution in [0.15, 0.2) is 497 Å². The van der Waals surface area contributed by atoms with Crippen molar-refractivity contribution in [1.82, 2.24) is 9.55 Å². The Bertz CT molecular complexity index is 5840. The van der Waals surface area contributed by atoms with E-state index >= 15 is 0 Å². The van der Waals surface area contributed by atoms with Gasteiger partial charge in [-0.3, -0.25) is 0 Å². The number of benzene rings is 18. The summed E-state index contributed by atoms with van der Waals surface area (Å²) >= 11 is 0. The molecule has 0 unspecified atom stereocenters. The molecular weight excluding hydrogens is 1500 g/mol.